The van der Waals surface area contributed by atoms with Gasteiger partial charge in [-0.15, -0.1) is 0 Å². The van der Waals surface area contributed by atoms with Gasteiger partial charge in [0.2, 0.25) is 5.82 Å². The number of amidine groups is 1. The van der Waals surface area contributed by atoms with E-state index in [-0.39, 0.29) is 5.84 Å². The van der Waals surface area contributed by atoms with Crippen molar-refractivity contribution in [1.82, 2.24) is 15.0 Å². The predicted octanol–water partition coefficient (Wildman–Crippen LogP) is 0.854. The van der Waals surface area contributed by atoms with Gasteiger partial charge in [-0.05, 0) is 32.3 Å². The maximum atomic E-state index is 5.88. The fourth-order valence-corrected chi connectivity index (χ4v) is 2.01. The minimum atomic E-state index is 0.215. The average Bonchev–Trinajstić information content (AvgIpc) is 3.10. The number of nitrogens with zero attached hydrogens (tertiary/aromatic N) is 3. The maximum Gasteiger partial charge on any atom is 0.202 e. The van der Waals surface area contributed by atoms with Crippen LogP contribution in [0.4, 0.5) is 5.82 Å². The number of aromatic nitrogens is 2. The van der Waals surface area contributed by atoms with Gasteiger partial charge in [-0.3, -0.25) is 10.1 Å². The lowest BCUT2D eigenvalue weighted by Crippen LogP contribution is -2.21. The van der Waals surface area contributed by atoms with Crippen molar-refractivity contribution in [2.24, 2.45) is 15.9 Å². The highest BCUT2D eigenvalue weighted by Gasteiger charge is 2.13. The summed E-state index contributed by atoms with van der Waals surface area (Å²) in [6.07, 6.45) is 1.58. The quantitative estimate of drug-likeness (QED) is 0.228. The molecule has 2 aromatic heterocycles. The van der Waals surface area contributed by atoms with Gasteiger partial charge < -0.3 is 15.5 Å². The molecule has 0 saturated heterocycles. The molecule has 0 fully saturated rings. The van der Waals surface area contributed by atoms with E-state index >= 15 is 0 Å². The highest BCUT2D eigenvalue weighted by molar-refractivity contribution is 9.10. The van der Waals surface area contributed by atoms with Gasteiger partial charge in [0, 0.05) is 25.2 Å². The minimum absolute atomic E-state index is 0.215. The molecule has 6 N–H and O–H groups in total. The molecule has 21 heavy (non-hydrogen) atoms. The summed E-state index contributed by atoms with van der Waals surface area (Å²) in [6, 6.07) is 1.81. The van der Waals surface area contributed by atoms with Crippen LogP contribution in [0.3, 0.4) is 0 Å². The number of nitrogens with one attached hydrogen (secondary N) is 2. The van der Waals surface area contributed by atoms with Crippen molar-refractivity contribution in [1.29, 1.82) is 0 Å². The topological polar surface area (TPSA) is 141 Å². The first-order valence-corrected chi connectivity index (χ1v) is 7.56. The van der Waals surface area contributed by atoms with E-state index in [1.54, 1.807) is 6.26 Å². The number of hydrogen-bond donors (Lipinski definition) is 4. The van der Waals surface area contributed by atoms with Gasteiger partial charge in [0.05, 0.1) is 11.0 Å². The van der Waals surface area contributed by atoms with Crippen molar-refractivity contribution in [2.75, 3.05) is 18.4 Å². The van der Waals surface area contributed by atoms with Crippen LogP contribution >= 0.6 is 28.1 Å². The summed E-state index contributed by atoms with van der Waals surface area (Å²) >= 11 is 4.34. The SMILES string of the molecule is NSNCCNc1nonc1C(N)=NCc1cc(Br)co1. The van der Waals surface area contributed by atoms with E-state index in [4.69, 9.17) is 15.3 Å². The molecule has 2 rings (SSSR count). The fraction of sp³-hybridized carbons (Fsp3) is 0.300. The first-order chi connectivity index (χ1) is 10.2. The Morgan fingerprint density at radius 2 is 2.29 bits per heavy atom. The molecule has 0 aliphatic heterocycles. The highest BCUT2D eigenvalue weighted by Crippen LogP contribution is 2.15. The minimum Gasteiger partial charge on any atom is -0.466 e. The molecule has 0 saturated carbocycles. The fourth-order valence-electron chi connectivity index (χ4n) is 1.44. The molecule has 114 valence electrons. The van der Waals surface area contributed by atoms with E-state index in [1.165, 1.54) is 0 Å². The van der Waals surface area contributed by atoms with Crippen molar-refractivity contribution in [3.05, 3.63) is 28.3 Å². The van der Waals surface area contributed by atoms with Crippen molar-refractivity contribution in [3.8, 4) is 0 Å². The second-order valence-electron chi connectivity index (χ2n) is 3.83. The monoisotopic (exact) mass is 375 g/mol. The summed E-state index contributed by atoms with van der Waals surface area (Å²) in [7, 11) is 0. The van der Waals surface area contributed by atoms with E-state index in [1.807, 2.05) is 6.07 Å². The number of furan rings is 1. The summed E-state index contributed by atoms with van der Waals surface area (Å²) in [5, 5.41) is 15.7. The van der Waals surface area contributed by atoms with E-state index in [0.717, 1.165) is 16.6 Å². The zero-order valence-electron chi connectivity index (χ0n) is 10.9. The van der Waals surface area contributed by atoms with Crippen LogP contribution < -0.4 is 20.9 Å². The van der Waals surface area contributed by atoms with Gasteiger partial charge in [-0.25, -0.2) is 9.35 Å². The lowest BCUT2D eigenvalue weighted by Gasteiger charge is -2.03. The van der Waals surface area contributed by atoms with Crippen LogP contribution in [0.5, 0.6) is 0 Å². The molecule has 0 bridgehead atoms. The van der Waals surface area contributed by atoms with E-state index in [9.17, 15) is 0 Å². The van der Waals surface area contributed by atoms with Crippen molar-refractivity contribution >= 4 is 39.7 Å². The molecule has 0 unspecified atom stereocenters. The zero-order valence-corrected chi connectivity index (χ0v) is 13.3. The Hall–Kier alpha value is -1.56. The van der Waals surface area contributed by atoms with Gasteiger partial charge in [-0.1, -0.05) is 0 Å². The summed E-state index contributed by atoms with van der Waals surface area (Å²) in [5.74, 6) is 1.33. The first-order valence-electron chi connectivity index (χ1n) is 5.89. The number of rotatable bonds is 8. The molecular formula is C10H14BrN7O2S. The van der Waals surface area contributed by atoms with Crippen LogP contribution in [0.2, 0.25) is 0 Å². The lowest BCUT2D eigenvalue weighted by atomic mass is 10.4. The van der Waals surface area contributed by atoms with Gasteiger partial charge in [-0.2, -0.15) is 0 Å². The smallest absolute Gasteiger partial charge is 0.202 e. The normalized spacial score (nSPS) is 11.8. The molecule has 0 aromatic carbocycles. The van der Waals surface area contributed by atoms with Crippen LogP contribution in [-0.2, 0) is 6.54 Å². The largest absolute Gasteiger partial charge is 0.466 e. The number of nitrogens with two attached hydrogens (primary N) is 2. The second-order valence-corrected chi connectivity index (χ2v) is 5.27. The predicted molar refractivity (Wildman–Crippen MR) is 83.4 cm³/mol. The third-order valence-corrected chi connectivity index (χ3v) is 3.15. The number of aliphatic imine (C=N–C) groups is 1. The number of anilines is 1. The van der Waals surface area contributed by atoms with E-state index in [2.05, 4.69) is 45.9 Å². The third-order valence-electron chi connectivity index (χ3n) is 2.36. The molecule has 0 spiro atoms. The average molecular weight is 376 g/mol. The van der Waals surface area contributed by atoms with Crippen molar-refractivity contribution in [2.45, 2.75) is 6.54 Å². The lowest BCUT2D eigenvalue weighted by molar-refractivity contribution is 0.307. The summed E-state index contributed by atoms with van der Waals surface area (Å²) in [4.78, 5) is 4.19. The van der Waals surface area contributed by atoms with Crippen LogP contribution in [-0.4, -0.2) is 29.2 Å². The van der Waals surface area contributed by atoms with Crippen LogP contribution in [0.25, 0.3) is 0 Å². The molecule has 0 atom stereocenters. The van der Waals surface area contributed by atoms with Crippen LogP contribution in [0.15, 0.2) is 30.8 Å². The van der Waals surface area contributed by atoms with Gasteiger partial charge in [0.25, 0.3) is 0 Å². The number of hydrogen-bond acceptors (Lipinski definition) is 9. The Morgan fingerprint density at radius 1 is 1.43 bits per heavy atom. The van der Waals surface area contributed by atoms with Crippen molar-refractivity contribution < 1.29 is 9.05 Å². The number of halogens is 1. The molecule has 11 heteroatoms. The standard InChI is InChI=1S/C10H14BrN7O2S/c11-6-3-7(19-5-6)4-15-9(12)8-10(18-20-17-8)14-1-2-16-21-13/h3,5,16H,1-2,4,13H2,(H2,12,15)(H,14,18). The molecule has 0 radical (unpaired) electrons. The van der Waals surface area contributed by atoms with Gasteiger partial charge >= 0.3 is 0 Å². The molecule has 2 heterocycles. The zero-order chi connectivity index (χ0) is 15.1. The van der Waals surface area contributed by atoms with Gasteiger partial charge in [0.15, 0.2) is 11.5 Å². The Bertz CT molecular complexity index is 600. The molecule has 0 aliphatic rings. The summed E-state index contributed by atoms with van der Waals surface area (Å²) in [5.41, 5.74) is 6.24. The Morgan fingerprint density at radius 3 is 3.00 bits per heavy atom. The molecule has 2 aromatic rings. The highest BCUT2D eigenvalue weighted by atomic mass is 79.9. The molecule has 9 nitrogen and oxygen atoms in total. The Balaban J connectivity index is 1.95. The third kappa shape index (κ3) is 4.74. The van der Waals surface area contributed by atoms with Crippen molar-refractivity contribution in [3.63, 3.8) is 0 Å². The summed E-state index contributed by atoms with van der Waals surface area (Å²) < 4.78 is 13.7. The second kappa shape index (κ2) is 8.02. The van der Waals surface area contributed by atoms with Crippen LogP contribution in [0.1, 0.15) is 11.5 Å². The molecular weight excluding hydrogens is 362 g/mol. The Kier molecular flexibility index (Phi) is 6.04. The molecule has 0 aliphatic carbocycles. The van der Waals surface area contributed by atoms with Crippen LogP contribution in [0, 0.1) is 0 Å². The van der Waals surface area contributed by atoms with Gasteiger partial charge in [0.1, 0.15) is 12.0 Å². The van der Waals surface area contributed by atoms with E-state index in [0.29, 0.717) is 36.9 Å². The molecule has 0 amide bonds. The van der Waals surface area contributed by atoms with E-state index < -0.39 is 0 Å². The Labute approximate surface area is 133 Å². The summed E-state index contributed by atoms with van der Waals surface area (Å²) in [6.45, 7) is 1.53. The maximum absolute atomic E-state index is 5.88. The first kappa shape index (κ1) is 15.8.